The maximum Gasteiger partial charge on any atom is 0.338 e. The summed E-state index contributed by atoms with van der Waals surface area (Å²) < 4.78 is 4.64. The minimum Gasteiger partial charge on any atom is -0.465 e. The Labute approximate surface area is 116 Å². The molecule has 4 heteroatoms. The topological polar surface area (TPSA) is 76.2 Å². The fraction of sp³-hybridized carbons (Fsp3) is 0.467. The van der Waals surface area contributed by atoms with Gasteiger partial charge in [-0.1, -0.05) is 40.7 Å². The van der Waals surface area contributed by atoms with Gasteiger partial charge in [0.05, 0.1) is 12.7 Å². The van der Waals surface area contributed by atoms with Gasteiger partial charge in [0.2, 0.25) is 0 Å². The highest BCUT2D eigenvalue weighted by Gasteiger charge is 2.16. The fourth-order valence-electron chi connectivity index (χ4n) is 1.36. The molecule has 0 heterocycles. The Morgan fingerprint density at radius 3 is 2.21 bits per heavy atom. The summed E-state index contributed by atoms with van der Waals surface area (Å²) in [5.74, 6) is -0.463. The first-order chi connectivity index (χ1) is 9.11. The second kappa shape index (κ2) is 11.3. The number of nitrogens with two attached hydrogens (primary N) is 1. The van der Waals surface area contributed by atoms with E-state index in [-0.39, 0.29) is 0 Å². The molecule has 0 saturated carbocycles. The summed E-state index contributed by atoms with van der Waals surface area (Å²) in [4.78, 5) is 11.4. The molecule has 0 aliphatic rings. The molecule has 3 N–H and O–H groups in total. The van der Waals surface area contributed by atoms with Crippen LogP contribution in [-0.4, -0.2) is 18.8 Å². The maximum absolute atomic E-state index is 11.4. The second-order valence-electron chi connectivity index (χ2n) is 3.09. The number of anilines is 1. The van der Waals surface area contributed by atoms with Gasteiger partial charge in [-0.2, -0.15) is 0 Å². The van der Waals surface area contributed by atoms with E-state index in [4.69, 9.17) is 11.1 Å². The van der Waals surface area contributed by atoms with Crippen LogP contribution in [0.2, 0.25) is 0 Å². The summed E-state index contributed by atoms with van der Waals surface area (Å²) in [6, 6.07) is 4.96. The van der Waals surface area contributed by atoms with Gasteiger partial charge in [0, 0.05) is 17.0 Å². The normalized spacial score (nSPS) is 8.32. The Bertz CT molecular complexity index is 401. The van der Waals surface area contributed by atoms with E-state index in [1.165, 1.54) is 7.11 Å². The first-order valence-electron chi connectivity index (χ1n) is 6.66. The van der Waals surface area contributed by atoms with E-state index >= 15 is 0 Å². The maximum atomic E-state index is 11.4. The molecule has 0 amide bonds. The van der Waals surface area contributed by atoms with Crippen molar-refractivity contribution >= 4 is 17.4 Å². The number of ether oxygens (including phenoxy) is 1. The monoisotopic (exact) mass is 266 g/mol. The highest BCUT2D eigenvalue weighted by atomic mass is 16.5. The first kappa shape index (κ1) is 19.5. The minimum atomic E-state index is -0.463. The van der Waals surface area contributed by atoms with Crippen LogP contribution in [0.1, 0.15) is 57.0 Å². The summed E-state index contributed by atoms with van der Waals surface area (Å²) in [5.41, 5.74) is 7.35. The minimum absolute atomic E-state index is 0.341. The van der Waals surface area contributed by atoms with Gasteiger partial charge in [-0.25, -0.2) is 4.79 Å². The molecule has 0 bridgehead atoms. The molecule has 0 aliphatic carbocycles. The number of hydrogen-bond donors (Lipinski definition) is 2. The van der Waals surface area contributed by atoms with Gasteiger partial charge in [-0.05, 0) is 18.6 Å². The molecule has 0 aromatic heterocycles. The molecule has 0 unspecified atom stereocenters. The third kappa shape index (κ3) is 5.55. The Kier molecular flexibility index (Phi) is 11.6. The zero-order chi connectivity index (χ0) is 15.4. The van der Waals surface area contributed by atoms with Crippen molar-refractivity contribution in [1.82, 2.24) is 0 Å². The number of nitrogens with one attached hydrogen (secondary N) is 1. The number of nitrogen functional groups attached to an aromatic ring is 1. The van der Waals surface area contributed by atoms with E-state index in [9.17, 15) is 4.79 Å². The number of hydrogen-bond acceptors (Lipinski definition) is 4. The fourth-order valence-corrected chi connectivity index (χ4v) is 1.36. The van der Waals surface area contributed by atoms with Crippen LogP contribution in [0.3, 0.4) is 0 Å². The van der Waals surface area contributed by atoms with E-state index < -0.39 is 5.97 Å². The van der Waals surface area contributed by atoms with Crippen LogP contribution in [0.15, 0.2) is 18.2 Å². The quantitative estimate of drug-likeness (QED) is 0.495. The van der Waals surface area contributed by atoms with Gasteiger partial charge in [-0.3, -0.25) is 0 Å². The van der Waals surface area contributed by atoms with Gasteiger partial charge < -0.3 is 15.9 Å². The lowest BCUT2D eigenvalue weighted by atomic mass is 9.99. The number of benzene rings is 1. The average Bonchev–Trinajstić information content (AvgIpc) is 2.49. The SMILES string of the molecule is CC.CC.CCC(=N)c1c(N)cccc1C(=O)OC. The van der Waals surface area contributed by atoms with Crippen molar-refractivity contribution in [3.05, 3.63) is 29.3 Å². The molecule has 1 aromatic carbocycles. The lowest BCUT2D eigenvalue weighted by Gasteiger charge is -2.10. The summed E-state index contributed by atoms with van der Waals surface area (Å²) in [6.45, 7) is 9.84. The summed E-state index contributed by atoms with van der Waals surface area (Å²) in [5, 5.41) is 7.74. The van der Waals surface area contributed by atoms with Gasteiger partial charge in [0.25, 0.3) is 0 Å². The summed E-state index contributed by atoms with van der Waals surface area (Å²) in [7, 11) is 1.31. The van der Waals surface area contributed by atoms with Crippen molar-refractivity contribution in [2.75, 3.05) is 12.8 Å². The highest BCUT2D eigenvalue weighted by molar-refractivity contribution is 6.10. The van der Waals surface area contributed by atoms with Gasteiger partial charge >= 0.3 is 5.97 Å². The lowest BCUT2D eigenvalue weighted by Crippen LogP contribution is -2.12. The molecule has 108 valence electrons. The summed E-state index contributed by atoms with van der Waals surface area (Å²) in [6.07, 6.45) is 0.526. The van der Waals surface area contributed by atoms with Crippen molar-refractivity contribution in [3.8, 4) is 0 Å². The van der Waals surface area contributed by atoms with Crippen molar-refractivity contribution in [1.29, 1.82) is 5.41 Å². The van der Waals surface area contributed by atoms with Crippen LogP contribution in [0.25, 0.3) is 0 Å². The van der Waals surface area contributed by atoms with E-state index in [2.05, 4.69) is 4.74 Å². The molecular weight excluding hydrogens is 240 g/mol. The zero-order valence-electron chi connectivity index (χ0n) is 12.8. The molecule has 19 heavy (non-hydrogen) atoms. The van der Waals surface area contributed by atoms with Crippen molar-refractivity contribution in [2.24, 2.45) is 0 Å². The third-order valence-corrected chi connectivity index (χ3v) is 2.16. The molecule has 0 aliphatic heterocycles. The Morgan fingerprint density at radius 1 is 1.26 bits per heavy atom. The van der Waals surface area contributed by atoms with E-state index in [0.717, 1.165) is 0 Å². The largest absolute Gasteiger partial charge is 0.465 e. The molecule has 0 radical (unpaired) electrons. The van der Waals surface area contributed by atoms with Crippen molar-refractivity contribution in [3.63, 3.8) is 0 Å². The van der Waals surface area contributed by atoms with Crippen molar-refractivity contribution in [2.45, 2.75) is 41.0 Å². The van der Waals surface area contributed by atoms with Gasteiger partial charge in [0.1, 0.15) is 0 Å². The lowest BCUT2D eigenvalue weighted by molar-refractivity contribution is 0.0600. The summed E-state index contributed by atoms with van der Waals surface area (Å²) >= 11 is 0. The Morgan fingerprint density at radius 2 is 1.79 bits per heavy atom. The predicted molar refractivity (Wildman–Crippen MR) is 82.0 cm³/mol. The van der Waals surface area contributed by atoms with E-state index in [0.29, 0.717) is 28.9 Å². The molecule has 0 fully saturated rings. The van der Waals surface area contributed by atoms with Crippen molar-refractivity contribution < 1.29 is 9.53 Å². The second-order valence-corrected chi connectivity index (χ2v) is 3.09. The van der Waals surface area contributed by atoms with Crippen LogP contribution in [-0.2, 0) is 4.74 Å². The molecule has 1 rings (SSSR count). The molecule has 0 spiro atoms. The standard InChI is InChI=1S/C11H14N2O2.2C2H6/c1-3-8(12)10-7(11(14)15-2)5-4-6-9(10)13;2*1-2/h4-6,12H,3,13H2,1-2H3;2*1-2H3. The van der Waals surface area contributed by atoms with E-state index in [1.54, 1.807) is 18.2 Å². The van der Waals surface area contributed by atoms with Crippen LogP contribution < -0.4 is 5.73 Å². The highest BCUT2D eigenvalue weighted by Crippen LogP contribution is 2.19. The number of rotatable bonds is 3. The van der Waals surface area contributed by atoms with Crippen LogP contribution in [0, 0.1) is 5.41 Å². The molecule has 0 atom stereocenters. The predicted octanol–water partition coefficient (Wildman–Crippen LogP) is 3.89. The Hall–Kier alpha value is -1.84. The molecule has 1 aromatic rings. The number of methoxy groups -OCH3 is 1. The molecule has 4 nitrogen and oxygen atoms in total. The van der Waals surface area contributed by atoms with Gasteiger partial charge in [-0.15, -0.1) is 0 Å². The van der Waals surface area contributed by atoms with E-state index in [1.807, 2.05) is 34.6 Å². The smallest absolute Gasteiger partial charge is 0.338 e. The van der Waals surface area contributed by atoms with Gasteiger partial charge in [0.15, 0.2) is 0 Å². The average molecular weight is 266 g/mol. The zero-order valence-corrected chi connectivity index (χ0v) is 12.8. The van der Waals surface area contributed by atoms with Crippen LogP contribution in [0.5, 0.6) is 0 Å². The number of carbonyl (C=O) groups excluding carboxylic acids is 1. The molecular formula is C15H26N2O2. The molecule has 0 saturated heterocycles. The first-order valence-corrected chi connectivity index (χ1v) is 6.66. The Balaban J connectivity index is 0. The number of esters is 1. The van der Waals surface area contributed by atoms with Crippen LogP contribution in [0.4, 0.5) is 5.69 Å². The third-order valence-electron chi connectivity index (χ3n) is 2.16. The number of carbonyl (C=O) groups is 1. The van der Waals surface area contributed by atoms with Crippen LogP contribution >= 0.6 is 0 Å².